The monoisotopic (exact) mass is 201 g/mol. The summed E-state index contributed by atoms with van der Waals surface area (Å²) in [7, 11) is 0. The van der Waals surface area contributed by atoms with E-state index in [4.69, 9.17) is 5.53 Å². The Hall–Kier alpha value is -2.00. The van der Waals surface area contributed by atoms with Crippen LogP contribution in [0.3, 0.4) is 0 Å². The van der Waals surface area contributed by atoms with Gasteiger partial charge < -0.3 is 4.57 Å². The van der Waals surface area contributed by atoms with Crippen LogP contribution in [0.15, 0.2) is 29.4 Å². The average Bonchev–Trinajstić information content (AvgIpc) is 2.56. The minimum absolute atomic E-state index is 0.456. The molecule has 5 nitrogen and oxygen atoms in total. The van der Waals surface area contributed by atoms with Gasteiger partial charge in [-0.1, -0.05) is 17.2 Å². The fourth-order valence-electron chi connectivity index (χ4n) is 1.67. The third-order valence-corrected chi connectivity index (χ3v) is 2.33. The highest BCUT2D eigenvalue weighted by Crippen LogP contribution is 2.14. The Bertz CT molecular complexity index is 522. The number of imidazole rings is 1. The van der Waals surface area contributed by atoms with Crippen molar-refractivity contribution >= 4 is 11.0 Å². The van der Waals surface area contributed by atoms with E-state index < -0.39 is 0 Å². The standard InChI is InChI=1S/C10H11N5/c1-8-13-9-4-2-3-5-10(9)15(8)7-6-12-14-11/h2-5H,6-7H2,1H3. The van der Waals surface area contributed by atoms with Crippen LogP contribution in [0.1, 0.15) is 5.82 Å². The first kappa shape index (κ1) is 9.55. The van der Waals surface area contributed by atoms with Crippen molar-refractivity contribution < 1.29 is 0 Å². The molecule has 1 aromatic heterocycles. The predicted molar refractivity (Wildman–Crippen MR) is 58.5 cm³/mol. The Morgan fingerprint density at radius 2 is 2.27 bits per heavy atom. The molecule has 0 unspecified atom stereocenters. The summed E-state index contributed by atoms with van der Waals surface area (Å²) in [6, 6.07) is 7.94. The van der Waals surface area contributed by atoms with Gasteiger partial charge in [0.25, 0.3) is 0 Å². The van der Waals surface area contributed by atoms with Crippen molar-refractivity contribution in [3.8, 4) is 0 Å². The van der Waals surface area contributed by atoms with Gasteiger partial charge in [-0.15, -0.1) is 0 Å². The average molecular weight is 201 g/mol. The van der Waals surface area contributed by atoms with E-state index in [1.54, 1.807) is 0 Å². The maximum atomic E-state index is 8.21. The fourth-order valence-corrected chi connectivity index (χ4v) is 1.67. The van der Waals surface area contributed by atoms with Crippen molar-refractivity contribution in [2.24, 2.45) is 5.11 Å². The summed E-state index contributed by atoms with van der Waals surface area (Å²) in [6.45, 7) is 3.09. The number of hydrogen-bond donors (Lipinski definition) is 0. The highest BCUT2D eigenvalue weighted by Gasteiger charge is 2.04. The minimum atomic E-state index is 0.456. The number of fused-ring (bicyclic) bond motifs is 1. The second kappa shape index (κ2) is 4.02. The van der Waals surface area contributed by atoms with Crippen LogP contribution in [0.25, 0.3) is 21.5 Å². The largest absolute Gasteiger partial charge is 0.328 e. The molecule has 0 saturated heterocycles. The van der Waals surface area contributed by atoms with Crippen LogP contribution in [-0.2, 0) is 6.54 Å². The third kappa shape index (κ3) is 1.78. The molecule has 0 aliphatic heterocycles. The molecule has 0 amide bonds. The first-order valence-corrected chi connectivity index (χ1v) is 4.75. The maximum absolute atomic E-state index is 8.21. The molecule has 0 bridgehead atoms. The van der Waals surface area contributed by atoms with Gasteiger partial charge in [0, 0.05) is 18.0 Å². The van der Waals surface area contributed by atoms with Crippen molar-refractivity contribution in [1.82, 2.24) is 9.55 Å². The van der Waals surface area contributed by atoms with Gasteiger partial charge in [0.05, 0.1) is 11.0 Å². The quantitative estimate of drug-likeness (QED) is 0.427. The van der Waals surface area contributed by atoms with Crippen LogP contribution in [0.5, 0.6) is 0 Å². The first-order chi connectivity index (χ1) is 7.33. The van der Waals surface area contributed by atoms with Gasteiger partial charge in [-0.05, 0) is 24.6 Å². The van der Waals surface area contributed by atoms with E-state index in [1.807, 2.05) is 31.2 Å². The lowest BCUT2D eigenvalue weighted by molar-refractivity contribution is 0.701. The summed E-state index contributed by atoms with van der Waals surface area (Å²) >= 11 is 0. The zero-order valence-electron chi connectivity index (χ0n) is 8.46. The molecule has 1 heterocycles. The molecular weight excluding hydrogens is 190 g/mol. The topological polar surface area (TPSA) is 66.6 Å². The summed E-state index contributed by atoms with van der Waals surface area (Å²) in [4.78, 5) is 7.16. The summed E-state index contributed by atoms with van der Waals surface area (Å²) in [5, 5.41) is 3.53. The molecule has 0 N–H and O–H groups in total. The molecule has 1 aromatic carbocycles. The van der Waals surface area contributed by atoms with Gasteiger partial charge in [-0.25, -0.2) is 4.98 Å². The Labute approximate surface area is 87.0 Å². The van der Waals surface area contributed by atoms with E-state index >= 15 is 0 Å². The molecule has 0 aliphatic carbocycles. The molecule has 0 atom stereocenters. The predicted octanol–water partition coefficient (Wildman–Crippen LogP) is 2.66. The van der Waals surface area contributed by atoms with Crippen LogP contribution in [0.4, 0.5) is 0 Å². The van der Waals surface area contributed by atoms with Gasteiger partial charge in [0.2, 0.25) is 0 Å². The summed E-state index contributed by atoms with van der Waals surface area (Å²) in [5.74, 6) is 0.948. The van der Waals surface area contributed by atoms with Gasteiger partial charge >= 0.3 is 0 Å². The van der Waals surface area contributed by atoms with Crippen molar-refractivity contribution in [3.63, 3.8) is 0 Å². The van der Waals surface area contributed by atoms with E-state index in [2.05, 4.69) is 19.6 Å². The van der Waals surface area contributed by atoms with Crippen LogP contribution < -0.4 is 0 Å². The van der Waals surface area contributed by atoms with Crippen molar-refractivity contribution in [2.45, 2.75) is 13.5 Å². The number of nitrogens with zero attached hydrogens (tertiary/aromatic N) is 5. The molecule has 0 radical (unpaired) electrons. The van der Waals surface area contributed by atoms with Gasteiger partial charge in [0.1, 0.15) is 5.82 Å². The zero-order valence-corrected chi connectivity index (χ0v) is 8.46. The normalized spacial score (nSPS) is 10.2. The number of benzene rings is 1. The second-order valence-corrected chi connectivity index (χ2v) is 3.25. The minimum Gasteiger partial charge on any atom is -0.328 e. The van der Waals surface area contributed by atoms with Gasteiger partial charge in [-0.2, -0.15) is 0 Å². The SMILES string of the molecule is Cc1nc2ccccc2n1CCN=[N+]=[N-]. The lowest BCUT2D eigenvalue weighted by Crippen LogP contribution is -2.02. The van der Waals surface area contributed by atoms with Crippen LogP contribution in [-0.4, -0.2) is 16.1 Å². The molecule has 2 aromatic rings. The Morgan fingerprint density at radius 3 is 3.07 bits per heavy atom. The van der Waals surface area contributed by atoms with Gasteiger partial charge in [-0.3, -0.25) is 0 Å². The Kier molecular flexibility index (Phi) is 2.56. The van der Waals surface area contributed by atoms with E-state index in [1.165, 1.54) is 0 Å². The molecular formula is C10H11N5. The third-order valence-electron chi connectivity index (χ3n) is 2.33. The zero-order chi connectivity index (χ0) is 10.7. The Balaban J connectivity index is 2.40. The molecule has 0 aliphatic rings. The number of hydrogen-bond acceptors (Lipinski definition) is 2. The smallest absolute Gasteiger partial charge is 0.106 e. The molecule has 0 fully saturated rings. The van der Waals surface area contributed by atoms with E-state index in [0.717, 1.165) is 16.9 Å². The summed E-state index contributed by atoms with van der Waals surface area (Å²) in [5.41, 5.74) is 10.3. The highest BCUT2D eigenvalue weighted by atomic mass is 15.2. The van der Waals surface area contributed by atoms with Crippen molar-refractivity contribution in [1.29, 1.82) is 0 Å². The number of para-hydroxylation sites is 2. The number of azide groups is 1. The van der Waals surface area contributed by atoms with E-state index in [0.29, 0.717) is 13.1 Å². The molecule has 0 spiro atoms. The Morgan fingerprint density at radius 1 is 1.47 bits per heavy atom. The van der Waals surface area contributed by atoms with Crippen LogP contribution in [0.2, 0.25) is 0 Å². The number of aryl methyl sites for hydroxylation is 1. The highest BCUT2D eigenvalue weighted by molar-refractivity contribution is 5.75. The number of aromatic nitrogens is 2. The summed E-state index contributed by atoms with van der Waals surface area (Å²) in [6.07, 6.45) is 0. The van der Waals surface area contributed by atoms with Gasteiger partial charge in [0.15, 0.2) is 0 Å². The lowest BCUT2D eigenvalue weighted by atomic mass is 10.3. The van der Waals surface area contributed by atoms with E-state index in [9.17, 15) is 0 Å². The van der Waals surface area contributed by atoms with Crippen LogP contribution in [0, 0.1) is 6.92 Å². The second-order valence-electron chi connectivity index (χ2n) is 3.25. The summed E-state index contributed by atoms with van der Waals surface area (Å²) < 4.78 is 2.06. The van der Waals surface area contributed by atoms with Crippen molar-refractivity contribution in [3.05, 3.63) is 40.5 Å². The molecule has 5 heteroatoms. The molecule has 15 heavy (non-hydrogen) atoms. The van der Waals surface area contributed by atoms with Crippen LogP contribution >= 0.6 is 0 Å². The lowest BCUT2D eigenvalue weighted by Gasteiger charge is -2.03. The molecule has 76 valence electrons. The fraction of sp³-hybridized carbons (Fsp3) is 0.300. The van der Waals surface area contributed by atoms with Crippen molar-refractivity contribution in [2.75, 3.05) is 6.54 Å². The van der Waals surface area contributed by atoms with E-state index in [-0.39, 0.29) is 0 Å². The first-order valence-electron chi connectivity index (χ1n) is 4.75. The molecule has 0 saturated carbocycles. The number of rotatable bonds is 3. The molecule has 2 rings (SSSR count). The maximum Gasteiger partial charge on any atom is 0.106 e.